The summed E-state index contributed by atoms with van der Waals surface area (Å²) in [6.45, 7) is 12.8. The zero-order chi connectivity index (χ0) is 26.1. The normalized spacial score (nSPS) is 13.1. The van der Waals surface area contributed by atoms with E-state index in [4.69, 9.17) is 10.5 Å². The van der Waals surface area contributed by atoms with E-state index in [1.165, 1.54) is 4.90 Å². The molecule has 2 unspecified atom stereocenters. The highest BCUT2D eigenvalue weighted by molar-refractivity contribution is 5.92. The second-order valence-corrected chi connectivity index (χ2v) is 9.49. The Balaban J connectivity index is 3.35. The van der Waals surface area contributed by atoms with Gasteiger partial charge in [0.15, 0.2) is 0 Å². The minimum atomic E-state index is -1.09. The van der Waals surface area contributed by atoms with Crippen molar-refractivity contribution in [2.24, 2.45) is 5.73 Å². The summed E-state index contributed by atoms with van der Waals surface area (Å²) in [7, 11) is 0. The number of rotatable bonds is 11. The third-order valence-corrected chi connectivity index (χ3v) is 4.99. The van der Waals surface area contributed by atoms with E-state index in [0.717, 1.165) is 12.0 Å². The number of primary amides is 1. The van der Waals surface area contributed by atoms with Crippen LogP contribution >= 0.6 is 0 Å². The Morgan fingerprint density at radius 3 is 2.06 bits per heavy atom. The van der Waals surface area contributed by atoms with Crippen LogP contribution in [0.1, 0.15) is 78.5 Å². The molecular weight excluding hydrogens is 436 g/mol. The molecule has 0 fully saturated rings. The number of hydrogen-bond donors (Lipinski definition) is 3. The first kappa shape index (κ1) is 28.9. The molecule has 34 heavy (non-hydrogen) atoms. The highest BCUT2D eigenvalue weighted by atomic mass is 16.6. The van der Waals surface area contributed by atoms with Crippen molar-refractivity contribution >= 4 is 23.8 Å². The smallest absolute Gasteiger partial charge is 0.408 e. The lowest BCUT2D eigenvalue weighted by Gasteiger charge is -2.34. The fourth-order valence-electron chi connectivity index (χ4n) is 3.43. The fourth-order valence-corrected chi connectivity index (χ4v) is 3.43. The average Bonchev–Trinajstić information content (AvgIpc) is 2.72. The molecular formula is C25H40N4O5. The average molecular weight is 477 g/mol. The highest BCUT2D eigenvalue weighted by Crippen LogP contribution is 2.24. The van der Waals surface area contributed by atoms with Gasteiger partial charge in [-0.1, -0.05) is 31.2 Å². The summed E-state index contributed by atoms with van der Waals surface area (Å²) in [6.07, 6.45) is -0.0781. The molecule has 9 nitrogen and oxygen atoms in total. The molecule has 0 radical (unpaired) electrons. The number of aryl methyl sites for hydroxylation is 1. The second-order valence-electron chi connectivity index (χ2n) is 9.49. The molecule has 1 aromatic rings. The van der Waals surface area contributed by atoms with Crippen LogP contribution in [-0.2, 0) is 25.5 Å². The number of nitrogens with one attached hydrogen (secondary N) is 2. The number of nitrogens with two attached hydrogens (primary N) is 1. The fraction of sp³-hybridized carbons (Fsp3) is 0.600. The van der Waals surface area contributed by atoms with Crippen LogP contribution in [-0.4, -0.2) is 52.9 Å². The Morgan fingerprint density at radius 2 is 1.62 bits per heavy atom. The summed E-state index contributed by atoms with van der Waals surface area (Å²) in [5.41, 5.74) is 6.27. The van der Waals surface area contributed by atoms with E-state index >= 15 is 0 Å². The maximum absolute atomic E-state index is 13.6. The molecule has 190 valence electrons. The first-order valence-corrected chi connectivity index (χ1v) is 11.8. The molecule has 0 aromatic heterocycles. The number of amides is 4. The van der Waals surface area contributed by atoms with E-state index in [9.17, 15) is 19.2 Å². The Labute approximate surface area is 202 Å². The molecule has 1 rings (SSSR count). The van der Waals surface area contributed by atoms with Gasteiger partial charge in [0.05, 0.1) is 0 Å². The summed E-state index contributed by atoms with van der Waals surface area (Å²) in [4.78, 5) is 52.1. The molecule has 0 aliphatic carbocycles. The standard InChI is InChI=1S/C25H40N4O5/c1-8-17-10-12-18(13-11-17)21(22(31)27-16(3)4)29(9-2)23(32)19(14-15-20(26)30)28-24(33)34-25(5,6)7/h10-13,16,19,21H,8-9,14-15H2,1-7H3,(H2,26,30)(H,27,31)(H,28,33). The number of benzene rings is 1. The van der Waals surface area contributed by atoms with Gasteiger partial charge >= 0.3 is 6.09 Å². The molecule has 2 atom stereocenters. The summed E-state index contributed by atoms with van der Waals surface area (Å²) in [5, 5.41) is 5.44. The number of nitrogens with zero attached hydrogens (tertiary/aromatic N) is 1. The molecule has 1 aromatic carbocycles. The molecule has 0 spiro atoms. The molecule has 0 saturated heterocycles. The molecule has 0 aliphatic heterocycles. The van der Waals surface area contributed by atoms with Crippen LogP contribution < -0.4 is 16.4 Å². The first-order valence-electron chi connectivity index (χ1n) is 11.8. The van der Waals surface area contributed by atoms with Gasteiger partial charge in [-0.15, -0.1) is 0 Å². The molecule has 0 aliphatic rings. The van der Waals surface area contributed by atoms with E-state index < -0.39 is 35.6 Å². The summed E-state index contributed by atoms with van der Waals surface area (Å²) >= 11 is 0. The minimum Gasteiger partial charge on any atom is -0.444 e. The van der Waals surface area contributed by atoms with Crippen molar-refractivity contribution < 1.29 is 23.9 Å². The van der Waals surface area contributed by atoms with Crippen molar-refractivity contribution in [3.63, 3.8) is 0 Å². The van der Waals surface area contributed by atoms with Gasteiger partial charge in [-0.3, -0.25) is 14.4 Å². The van der Waals surface area contributed by atoms with Gasteiger partial charge in [-0.25, -0.2) is 4.79 Å². The van der Waals surface area contributed by atoms with Gasteiger partial charge in [0.25, 0.3) is 0 Å². The zero-order valence-corrected chi connectivity index (χ0v) is 21.4. The van der Waals surface area contributed by atoms with Crippen LogP contribution in [0.5, 0.6) is 0 Å². The Hall–Kier alpha value is -3.10. The highest BCUT2D eigenvalue weighted by Gasteiger charge is 2.35. The second kappa shape index (κ2) is 13.0. The van der Waals surface area contributed by atoms with Crippen molar-refractivity contribution in [1.29, 1.82) is 0 Å². The van der Waals surface area contributed by atoms with Gasteiger partial charge in [0.1, 0.15) is 17.7 Å². The maximum Gasteiger partial charge on any atom is 0.408 e. The molecule has 4 N–H and O–H groups in total. The lowest BCUT2D eigenvalue weighted by molar-refractivity contribution is -0.142. The van der Waals surface area contributed by atoms with E-state index in [-0.39, 0.29) is 31.3 Å². The van der Waals surface area contributed by atoms with Crippen LogP contribution in [0.25, 0.3) is 0 Å². The molecule has 4 amide bonds. The van der Waals surface area contributed by atoms with Crippen LogP contribution in [0.2, 0.25) is 0 Å². The molecule has 0 saturated carbocycles. The van der Waals surface area contributed by atoms with Crippen molar-refractivity contribution in [1.82, 2.24) is 15.5 Å². The summed E-state index contributed by atoms with van der Waals surface area (Å²) in [5.74, 6) is -1.44. The summed E-state index contributed by atoms with van der Waals surface area (Å²) in [6, 6.07) is 5.37. The van der Waals surface area contributed by atoms with Gasteiger partial charge < -0.3 is 26.0 Å². The third-order valence-electron chi connectivity index (χ3n) is 4.99. The molecule has 0 bridgehead atoms. The number of likely N-dealkylation sites (N-methyl/N-ethyl adjacent to an activating group) is 1. The zero-order valence-electron chi connectivity index (χ0n) is 21.4. The third kappa shape index (κ3) is 9.41. The number of carbonyl (C=O) groups is 4. The van der Waals surface area contributed by atoms with E-state index in [1.54, 1.807) is 27.7 Å². The van der Waals surface area contributed by atoms with Gasteiger partial charge in [0, 0.05) is 19.0 Å². The lowest BCUT2D eigenvalue weighted by atomic mass is 9.99. The van der Waals surface area contributed by atoms with Crippen LogP contribution in [0.3, 0.4) is 0 Å². The SMILES string of the molecule is CCc1ccc(C(C(=O)NC(C)C)N(CC)C(=O)C(CCC(N)=O)NC(=O)OC(C)(C)C)cc1. The Kier molecular flexibility index (Phi) is 11.0. The minimum absolute atomic E-state index is 0.0167. The van der Waals surface area contributed by atoms with Crippen molar-refractivity contribution in [3.05, 3.63) is 35.4 Å². The van der Waals surface area contributed by atoms with Crippen molar-refractivity contribution in [3.8, 4) is 0 Å². The van der Waals surface area contributed by atoms with Crippen LogP contribution in [0.15, 0.2) is 24.3 Å². The van der Waals surface area contributed by atoms with Crippen molar-refractivity contribution in [2.45, 2.75) is 91.5 Å². The summed E-state index contributed by atoms with van der Waals surface area (Å²) < 4.78 is 5.29. The van der Waals surface area contributed by atoms with Crippen molar-refractivity contribution in [2.75, 3.05) is 6.54 Å². The number of ether oxygens (including phenoxy) is 1. The van der Waals surface area contributed by atoms with Crippen LogP contribution in [0, 0.1) is 0 Å². The monoisotopic (exact) mass is 476 g/mol. The van der Waals surface area contributed by atoms with Crippen LogP contribution in [0.4, 0.5) is 4.79 Å². The van der Waals surface area contributed by atoms with E-state index in [2.05, 4.69) is 10.6 Å². The number of carbonyl (C=O) groups excluding carboxylic acids is 4. The van der Waals surface area contributed by atoms with E-state index in [0.29, 0.717) is 5.56 Å². The molecule has 0 heterocycles. The topological polar surface area (TPSA) is 131 Å². The predicted molar refractivity (Wildman–Crippen MR) is 131 cm³/mol. The van der Waals surface area contributed by atoms with Gasteiger partial charge in [-0.05, 0) is 65.5 Å². The Bertz CT molecular complexity index is 846. The van der Waals surface area contributed by atoms with Gasteiger partial charge in [-0.2, -0.15) is 0 Å². The predicted octanol–water partition coefficient (Wildman–Crippen LogP) is 2.82. The first-order chi connectivity index (χ1) is 15.8. The molecule has 9 heteroatoms. The van der Waals surface area contributed by atoms with Gasteiger partial charge in [0.2, 0.25) is 17.7 Å². The maximum atomic E-state index is 13.6. The largest absolute Gasteiger partial charge is 0.444 e. The van der Waals surface area contributed by atoms with E-state index in [1.807, 2.05) is 45.0 Å². The number of alkyl carbamates (subject to hydrolysis) is 1. The quantitative estimate of drug-likeness (QED) is 0.452. The Morgan fingerprint density at radius 1 is 1.03 bits per heavy atom. The number of hydrogen-bond acceptors (Lipinski definition) is 5. The lowest BCUT2D eigenvalue weighted by Crippen LogP contribution is -2.53.